The molecule has 0 spiro atoms. The van der Waals surface area contributed by atoms with Crippen molar-refractivity contribution in [2.45, 2.75) is 32.4 Å². The number of likely N-dealkylation sites (N-methyl/N-ethyl adjacent to an activating group) is 1. The average molecular weight is 326 g/mol. The van der Waals surface area contributed by atoms with Crippen molar-refractivity contribution >= 4 is 11.6 Å². The number of carbonyl (C=O) groups excluding carboxylic acids is 1. The molecule has 0 N–H and O–H groups in total. The number of benzene rings is 2. The topological polar surface area (TPSA) is 23.6 Å². The number of halogens is 1. The van der Waals surface area contributed by atoms with Gasteiger partial charge in [0.1, 0.15) is 5.82 Å². The lowest BCUT2D eigenvalue weighted by atomic mass is 10.0. The minimum absolute atomic E-state index is 0.117. The van der Waals surface area contributed by atoms with Crippen LogP contribution in [0.15, 0.2) is 48.5 Å². The lowest BCUT2D eigenvalue weighted by molar-refractivity contribution is -0.123. The van der Waals surface area contributed by atoms with E-state index in [0.717, 1.165) is 30.6 Å². The van der Waals surface area contributed by atoms with Gasteiger partial charge in [-0.15, -0.1) is 0 Å². The van der Waals surface area contributed by atoms with E-state index in [9.17, 15) is 9.18 Å². The maximum atomic E-state index is 13.0. The predicted octanol–water partition coefficient (Wildman–Crippen LogP) is 3.63. The van der Waals surface area contributed by atoms with Gasteiger partial charge in [-0.25, -0.2) is 4.39 Å². The Morgan fingerprint density at radius 1 is 1.21 bits per heavy atom. The van der Waals surface area contributed by atoms with Gasteiger partial charge in [0.2, 0.25) is 5.91 Å². The zero-order valence-electron chi connectivity index (χ0n) is 14.2. The second-order valence-corrected chi connectivity index (χ2v) is 6.44. The highest BCUT2D eigenvalue weighted by atomic mass is 19.1. The van der Waals surface area contributed by atoms with Gasteiger partial charge in [0, 0.05) is 18.8 Å². The summed E-state index contributed by atoms with van der Waals surface area (Å²) in [4.78, 5) is 16.9. The SMILES string of the molecule is CC(C(=O)N1CCCc2ccccc21)N(C)Cc1ccc(F)cc1. The van der Waals surface area contributed by atoms with Crippen LogP contribution in [0.25, 0.3) is 0 Å². The van der Waals surface area contributed by atoms with Crippen LogP contribution in [0, 0.1) is 5.82 Å². The van der Waals surface area contributed by atoms with Crippen molar-refractivity contribution in [3.8, 4) is 0 Å². The van der Waals surface area contributed by atoms with Gasteiger partial charge in [-0.2, -0.15) is 0 Å². The minimum Gasteiger partial charge on any atom is -0.311 e. The van der Waals surface area contributed by atoms with Crippen LogP contribution in [-0.2, 0) is 17.8 Å². The first-order valence-electron chi connectivity index (χ1n) is 8.40. The van der Waals surface area contributed by atoms with Gasteiger partial charge in [-0.05, 0) is 56.1 Å². The first kappa shape index (κ1) is 16.7. The molecule has 0 fully saturated rings. The maximum Gasteiger partial charge on any atom is 0.244 e. The van der Waals surface area contributed by atoms with Crippen molar-refractivity contribution in [2.24, 2.45) is 0 Å². The van der Waals surface area contributed by atoms with E-state index in [2.05, 4.69) is 6.07 Å². The van der Waals surface area contributed by atoms with E-state index in [1.54, 1.807) is 12.1 Å². The van der Waals surface area contributed by atoms with Crippen LogP contribution in [-0.4, -0.2) is 30.4 Å². The third-order valence-electron chi connectivity index (χ3n) is 4.74. The summed E-state index contributed by atoms with van der Waals surface area (Å²) in [6.07, 6.45) is 2.02. The van der Waals surface area contributed by atoms with Crippen molar-refractivity contribution in [3.05, 3.63) is 65.5 Å². The number of rotatable bonds is 4. The number of amides is 1. The Kier molecular flexibility index (Phi) is 4.95. The normalized spacial score (nSPS) is 15.2. The molecule has 1 aliphatic rings. The van der Waals surface area contributed by atoms with Crippen LogP contribution in [0.2, 0.25) is 0 Å². The summed E-state index contributed by atoms with van der Waals surface area (Å²) in [7, 11) is 1.93. The van der Waals surface area contributed by atoms with Crippen LogP contribution in [0.3, 0.4) is 0 Å². The highest BCUT2D eigenvalue weighted by Crippen LogP contribution is 2.27. The van der Waals surface area contributed by atoms with Gasteiger partial charge in [0.15, 0.2) is 0 Å². The van der Waals surface area contributed by atoms with E-state index in [4.69, 9.17) is 0 Å². The van der Waals surface area contributed by atoms with Gasteiger partial charge in [0.25, 0.3) is 0 Å². The minimum atomic E-state index is -0.240. The number of para-hydroxylation sites is 1. The molecule has 126 valence electrons. The van der Waals surface area contributed by atoms with Gasteiger partial charge in [-0.3, -0.25) is 9.69 Å². The average Bonchev–Trinajstić information content (AvgIpc) is 2.62. The lowest BCUT2D eigenvalue weighted by Crippen LogP contribution is -2.47. The van der Waals surface area contributed by atoms with Gasteiger partial charge >= 0.3 is 0 Å². The molecule has 2 aromatic rings. The zero-order chi connectivity index (χ0) is 17.1. The number of aryl methyl sites for hydroxylation is 1. The van der Waals surface area contributed by atoms with Crippen LogP contribution >= 0.6 is 0 Å². The summed E-state index contributed by atoms with van der Waals surface area (Å²) in [6, 6.07) is 14.3. The summed E-state index contributed by atoms with van der Waals surface area (Å²) < 4.78 is 13.0. The van der Waals surface area contributed by atoms with E-state index in [0.29, 0.717) is 6.54 Å². The summed E-state index contributed by atoms with van der Waals surface area (Å²) in [5, 5.41) is 0. The Hall–Kier alpha value is -2.20. The van der Waals surface area contributed by atoms with Crippen molar-refractivity contribution < 1.29 is 9.18 Å². The number of anilines is 1. The molecule has 0 aromatic heterocycles. The Labute approximate surface area is 142 Å². The van der Waals surface area contributed by atoms with Gasteiger partial charge in [-0.1, -0.05) is 30.3 Å². The Morgan fingerprint density at radius 3 is 2.67 bits per heavy atom. The third-order valence-corrected chi connectivity index (χ3v) is 4.74. The molecule has 0 radical (unpaired) electrons. The molecular weight excluding hydrogens is 303 g/mol. The molecule has 4 heteroatoms. The largest absolute Gasteiger partial charge is 0.311 e. The van der Waals surface area contributed by atoms with Gasteiger partial charge < -0.3 is 4.90 Å². The first-order chi connectivity index (χ1) is 11.6. The molecular formula is C20H23FN2O. The second kappa shape index (κ2) is 7.14. The van der Waals surface area contributed by atoms with Crippen LogP contribution in [0.4, 0.5) is 10.1 Å². The van der Waals surface area contributed by atoms with Crippen LogP contribution in [0.1, 0.15) is 24.5 Å². The highest BCUT2D eigenvalue weighted by Gasteiger charge is 2.28. The number of nitrogens with zero attached hydrogens (tertiary/aromatic N) is 2. The predicted molar refractivity (Wildman–Crippen MR) is 94.4 cm³/mol. The molecule has 1 heterocycles. The quantitative estimate of drug-likeness (QED) is 0.857. The highest BCUT2D eigenvalue weighted by molar-refractivity contribution is 5.97. The summed E-state index contributed by atoms with van der Waals surface area (Å²) in [5.41, 5.74) is 3.28. The molecule has 3 rings (SSSR count). The molecule has 2 aromatic carbocycles. The van der Waals surface area contributed by atoms with Crippen LogP contribution < -0.4 is 4.90 Å². The zero-order valence-corrected chi connectivity index (χ0v) is 14.2. The third kappa shape index (κ3) is 3.49. The molecule has 0 saturated heterocycles. The van der Waals surface area contributed by atoms with E-state index < -0.39 is 0 Å². The number of hydrogen-bond acceptors (Lipinski definition) is 2. The fraction of sp³-hybridized carbons (Fsp3) is 0.350. The molecule has 1 atom stereocenters. The van der Waals surface area contributed by atoms with E-state index in [1.165, 1.54) is 17.7 Å². The molecule has 0 aliphatic carbocycles. The Bertz CT molecular complexity index is 714. The molecule has 3 nitrogen and oxygen atoms in total. The molecule has 1 aliphatic heterocycles. The lowest BCUT2D eigenvalue weighted by Gasteiger charge is -2.34. The van der Waals surface area contributed by atoms with Crippen LogP contribution in [0.5, 0.6) is 0 Å². The van der Waals surface area contributed by atoms with Crippen molar-refractivity contribution in [1.29, 1.82) is 0 Å². The fourth-order valence-electron chi connectivity index (χ4n) is 3.19. The van der Waals surface area contributed by atoms with Crippen molar-refractivity contribution in [3.63, 3.8) is 0 Å². The van der Waals surface area contributed by atoms with Crippen molar-refractivity contribution in [1.82, 2.24) is 4.90 Å². The second-order valence-electron chi connectivity index (χ2n) is 6.44. The molecule has 1 amide bonds. The fourth-order valence-corrected chi connectivity index (χ4v) is 3.19. The van der Waals surface area contributed by atoms with E-state index >= 15 is 0 Å². The molecule has 1 unspecified atom stereocenters. The monoisotopic (exact) mass is 326 g/mol. The number of carbonyl (C=O) groups is 1. The Morgan fingerprint density at radius 2 is 1.92 bits per heavy atom. The first-order valence-corrected chi connectivity index (χ1v) is 8.40. The standard InChI is InChI=1S/C20H23FN2O/c1-15(22(2)14-16-9-11-18(21)12-10-16)20(24)23-13-5-7-17-6-3-4-8-19(17)23/h3-4,6,8-12,15H,5,7,13-14H2,1-2H3. The summed E-state index contributed by atoms with van der Waals surface area (Å²) in [6.45, 7) is 3.32. The molecule has 24 heavy (non-hydrogen) atoms. The van der Waals surface area contributed by atoms with E-state index in [1.807, 2.05) is 42.0 Å². The number of hydrogen-bond donors (Lipinski definition) is 0. The summed E-state index contributed by atoms with van der Waals surface area (Å²) in [5.74, 6) is -0.123. The smallest absolute Gasteiger partial charge is 0.244 e. The number of fused-ring (bicyclic) bond motifs is 1. The molecule has 0 saturated carbocycles. The van der Waals surface area contributed by atoms with Crippen molar-refractivity contribution in [2.75, 3.05) is 18.5 Å². The van der Waals surface area contributed by atoms with Gasteiger partial charge in [0.05, 0.1) is 6.04 Å². The molecule has 0 bridgehead atoms. The Balaban J connectivity index is 1.71. The maximum absolute atomic E-state index is 13.0. The van der Waals surface area contributed by atoms with E-state index in [-0.39, 0.29) is 17.8 Å². The summed E-state index contributed by atoms with van der Waals surface area (Å²) >= 11 is 0.